The Morgan fingerprint density at radius 1 is 0.844 bits per heavy atom. The Hall–Kier alpha value is -4.97. The first kappa shape index (κ1) is 28.8. The smallest absolute Gasteiger partial charge is 0.185 e. The largest absolute Gasteiger partial charge is 0.497 e. The number of methoxy groups -OCH3 is 2. The zero-order valence-electron chi connectivity index (χ0n) is 25.8. The Morgan fingerprint density at radius 3 is 2.16 bits per heavy atom. The monoisotopic (exact) mass is 597 g/mol. The van der Waals surface area contributed by atoms with Crippen LogP contribution in [0.5, 0.6) is 11.5 Å². The number of hydrogen-bond donors (Lipinski definition) is 0. The van der Waals surface area contributed by atoms with Gasteiger partial charge in [-0.05, 0) is 47.7 Å². The minimum Gasteiger partial charge on any atom is -0.497 e. The van der Waals surface area contributed by atoms with E-state index in [1.165, 1.54) is 0 Å². The summed E-state index contributed by atoms with van der Waals surface area (Å²) in [6.45, 7) is 4.33. The van der Waals surface area contributed by atoms with E-state index < -0.39 is 23.4 Å². The predicted molar refractivity (Wildman–Crippen MR) is 175 cm³/mol. The van der Waals surface area contributed by atoms with Crippen LogP contribution in [0.4, 0.5) is 5.69 Å². The van der Waals surface area contributed by atoms with Gasteiger partial charge in [0, 0.05) is 33.9 Å². The fourth-order valence-electron chi connectivity index (χ4n) is 7.79. The van der Waals surface area contributed by atoms with Crippen molar-refractivity contribution < 1.29 is 23.9 Å². The number of ketones is 3. The van der Waals surface area contributed by atoms with E-state index in [0.717, 1.165) is 23.2 Å². The lowest BCUT2D eigenvalue weighted by Gasteiger charge is -2.37. The highest BCUT2D eigenvalue weighted by molar-refractivity contribution is 6.32. The van der Waals surface area contributed by atoms with Crippen molar-refractivity contribution in [3.05, 3.63) is 130 Å². The molecular formula is C39H35NO5. The quantitative estimate of drug-likeness (QED) is 0.166. The summed E-state index contributed by atoms with van der Waals surface area (Å²) in [6.07, 6.45) is 4.80. The summed E-state index contributed by atoms with van der Waals surface area (Å²) in [6, 6.07) is 26.3. The third-order valence-electron chi connectivity index (χ3n) is 9.64. The molecule has 1 spiro atoms. The second kappa shape index (κ2) is 10.9. The molecule has 0 radical (unpaired) electrons. The molecule has 1 aliphatic carbocycles. The van der Waals surface area contributed by atoms with E-state index in [-0.39, 0.29) is 17.3 Å². The van der Waals surface area contributed by atoms with Gasteiger partial charge in [-0.15, -0.1) is 0 Å². The molecule has 6 nitrogen and oxygen atoms in total. The minimum absolute atomic E-state index is 0.162. The van der Waals surface area contributed by atoms with Gasteiger partial charge in [-0.25, -0.2) is 0 Å². The summed E-state index contributed by atoms with van der Waals surface area (Å²) in [5.41, 5.74) is 3.13. The molecule has 0 aromatic heterocycles. The molecule has 1 fully saturated rings. The molecule has 2 heterocycles. The summed E-state index contributed by atoms with van der Waals surface area (Å²) in [4.78, 5) is 46.9. The molecule has 0 saturated carbocycles. The van der Waals surface area contributed by atoms with E-state index in [1.54, 1.807) is 50.6 Å². The van der Waals surface area contributed by atoms with Crippen LogP contribution in [-0.4, -0.2) is 43.7 Å². The molecule has 226 valence electrons. The Morgan fingerprint density at radius 2 is 1.51 bits per heavy atom. The second-order valence-corrected chi connectivity index (χ2v) is 12.5. The molecule has 0 unspecified atom stereocenters. The topological polar surface area (TPSA) is 72.9 Å². The van der Waals surface area contributed by atoms with E-state index in [4.69, 9.17) is 9.47 Å². The van der Waals surface area contributed by atoms with Crippen LogP contribution in [0.25, 0.3) is 6.08 Å². The zero-order chi connectivity index (χ0) is 31.5. The van der Waals surface area contributed by atoms with Gasteiger partial charge in [0.25, 0.3) is 0 Å². The maximum Gasteiger partial charge on any atom is 0.185 e. The van der Waals surface area contributed by atoms with E-state index in [0.29, 0.717) is 39.7 Å². The van der Waals surface area contributed by atoms with Crippen molar-refractivity contribution in [2.24, 2.45) is 11.3 Å². The molecule has 6 heteroatoms. The maximum atomic E-state index is 15.0. The number of nitrogens with zero attached hydrogens (tertiary/aromatic N) is 1. The molecule has 3 atom stereocenters. The first-order chi connectivity index (χ1) is 21.8. The molecule has 0 N–H and O–H groups in total. The number of anilines is 1. The van der Waals surface area contributed by atoms with Crippen LogP contribution in [0.3, 0.4) is 0 Å². The lowest BCUT2D eigenvalue weighted by atomic mass is 9.64. The van der Waals surface area contributed by atoms with Gasteiger partial charge in [-0.3, -0.25) is 14.4 Å². The fourth-order valence-corrected chi connectivity index (χ4v) is 7.79. The average Bonchev–Trinajstić information content (AvgIpc) is 3.50. The number of para-hydroxylation sites is 1. The summed E-state index contributed by atoms with van der Waals surface area (Å²) in [5, 5.41) is 0. The number of carbonyl (C=O) groups excluding carboxylic acids is 3. The Bertz CT molecular complexity index is 1840. The number of carbonyl (C=O) groups is 3. The van der Waals surface area contributed by atoms with Gasteiger partial charge in [0.15, 0.2) is 17.3 Å². The normalized spacial score (nSPS) is 20.7. The van der Waals surface area contributed by atoms with Crippen molar-refractivity contribution in [2.45, 2.75) is 38.3 Å². The highest BCUT2D eigenvalue weighted by Crippen LogP contribution is 2.62. The van der Waals surface area contributed by atoms with Gasteiger partial charge >= 0.3 is 0 Å². The van der Waals surface area contributed by atoms with E-state index in [2.05, 4.69) is 13.8 Å². The minimum atomic E-state index is -1.62. The van der Waals surface area contributed by atoms with Crippen LogP contribution < -0.4 is 14.4 Å². The van der Waals surface area contributed by atoms with Crippen molar-refractivity contribution in [3.8, 4) is 11.5 Å². The van der Waals surface area contributed by atoms with Crippen LogP contribution in [0, 0.1) is 11.3 Å². The van der Waals surface area contributed by atoms with Crippen LogP contribution in [0.2, 0.25) is 0 Å². The highest BCUT2D eigenvalue weighted by Gasteiger charge is 2.72. The van der Waals surface area contributed by atoms with Gasteiger partial charge in [0.05, 0.1) is 20.3 Å². The van der Waals surface area contributed by atoms with Gasteiger partial charge < -0.3 is 14.4 Å². The van der Waals surface area contributed by atoms with E-state index in [1.807, 2.05) is 71.6 Å². The first-order valence-corrected chi connectivity index (χ1v) is 15.4. The molecule has 3 aliphatic rings. The number of Topliss-reactive ketones (excluding diaryl/α,β-unsaturated/α-hetero) is 3. The van der Waals surface area contributed by atoms with Gasteiger partial charge in [0.2, 0.25) is 0 Å². The molecule has 4 aromatic carbocycles. The predicted octanol–water partition coefficient (Wildman–Crippen LogP) is 7.22. The van der Waals surface area contributed by atoms with E-state index in [9.17, 15) is 9.59 Å². The summed E-state index contributed by atoms with van der Waals surface area (Å²) >= 11 is 0. The lowest BCUT2D eigenvalue weighted by molar-refractivity contribution is 0.0664. The van der Waals surface area contributed by atoms with Crippen molar-refractivity contribution in [3.63, 3.8) is 0 Å². The summed E-state index contributed by atoms with van der Waals surface area (Å²) in [5.74, 6) is -0.104. The third-order valence-corrected chi connectivity index (χ3v) is 9.64. The molecular weight excluding hydrogens is 562 g/mol. The van der Waals surface area contributed by atoms with Crippen molar-refractivity contribution >= 4 is 29.1 Å². The molecule has 4 aromatic rings. The average molecular weight is 598 g/mol. The molecule has 0 bridgehead atoms. The molecule has 1 saturated heterocycles. The van der Waals surface area contributed by atoms with Gasteiger partial charge in [0.1, 0.15) is 23.0 Å². The van der Waals surface area contributed by atoms with Crippen LogP contribution in [0.1, 0.15) is 67.5 Å². The van der Waals surface area contributed by atoms with Crippen LogP contribution in [0.15, 0.2) is 97.1 Å². The lowest BCUT2D eigenvalue weighted by Crippen LogP contribution is -2.48. The van der Waals surface area contributed by atoms with E-state index >= 15 is 4.79 Å². The maximum absolute atomic E-state index is 15.0. The molecule has 0 amide bonds. The summed E-state index contributed by atoms with van der Waals surface area (Å²) in [7, 11) is 3.13. The Labute approximate surface area is 263 Å². The SMILES string of the molecule is COc1ccc(OC)c([C@H]2[C@H](C(=O)c3ccc(CC(C)C)cc3)N3c4ccccc4C=C[C@@H]3C23C(=O)c2ccccc2C3=O)c1. The van der Waals surface area contributed by atoms with Crippen molar-refractivity contribution in [1.29, 1.82) is 0 Å². The number of ether oxygens (including phenoxy) is 2. The Balaban J connectivity index is 1.52. The van der Waals surface area contributed by atoms with Crippen molar-refractivity contribution in [1.82, 2.24) is 0 Å². The van der Waals surface area contributed by atoms with Crippen molar-refractivity contribution in [2.75, 3.05) is 19.1 Å². The standard InChI is InChI=1S/C39H35NO5/c1-23(2)21-24-13-15-26(16-14-24)36(41)35-34(30-22-27(44-3)18-19-32(30)45-4)39(37(42)28-10-6-7-11-29(28)38(39)43)33-20-17-25-9-5-8-12-31(25)40(33)35/h5-20,22-23,33-35H,21H2,1-4H3/t33-,34+,35-/m1/s1. The highest BCUT2D eigenvalue weighted by atomic mass is 16.5. The number of fused-ring (bicyclic) bond motifs is 5. The zero-order valence-corrected chi connectivity index (χ0v) is 25.8. The molecule has 7 rings (SSSR count). The summed E-state index contributed by atoms with van der Waals surface area (Å²) < 4.78 is 11.5. The van der Waals surface area contributed by atoms with Crippen LogP contribution in [-0.2, 0) is 6.42 Å². The van der Waals surface area contributed by atoms with Gasteiger partial charge in [-0.2, -0.15) is 0 Å². The number of rotatable bonds is 7. The Kier molecular flexibility index (Phi) is 6.96. The second-order valence-electron chi connectivity index (χ2n) is 12.5. The van der Waals surface area contributed by atoms with Gasteiger partial charge in [-0.1, -0.05) is 92.7 Å². The molecule has 2 aliphatic heterocycles. The van der Waals surface area contributed by atoms with Crippen LogP contribution >= 0.6 is 0 Å². The first-order valence-electron chi connectivity index (χ1n) is 15.4. The number of benzene rings is 4. The molecule has 45 heavy (non-hydrogen) atoms. The number of hydrogen-bond acceptors (Lipinski definition) is 6. The fraction of sp³-hybridized carbons (Fsp3) is 0.256. The third kappa shape index (κ3) is 4.19.